The van der Waals surface area contributed by atoms with Crippen molar-refractivity contribution in [1.82, 2.24) is 9.97 Å². The van der Waals surface area contributed by atoms with Gasteiger partial charge < -0.3 is 10.7 Å². The minimum Gasteiger partial charge on any atom is -0.399 e. The number of benzene rings is 1. The molecule has 0 atom stereocenters. The van der Waals surface area contributed by atoms with Gasteiger partial charge in [0.25, 0.3) is 0 Å². The molecule has 20 heavy (non-hydrogen) atoms. The second-order valence-electron chi connectivity index (χ2n) is 7.36. The van der Waals surface area contributed by atoms with Crippen LogP contribution in [0.5, 0.6) is 0 Å². The van der Waals surface area contributed by atoms with Crippen LogP contribution in [-0.4, -0.2) is 9.97 Å². The highest BCUT2D eigenvalue weighted by atomic mass is 14.9. The van der Waals surface area contributed by atoms with Gasteiger partial charge in [0, 0.05) is 11.6 Å². The maximum atomic E-state index is 5.88. The molecule has 4 bridgehead atoms. The smallest absolute Gasteiger partial charge is 0.110 e. The highest BCUT2D eigenvalue weighted by Crippen LogP contribution is 2.59. The number of anilines is 1. The lowest BCUT2D eigenvalue weighted by molar-refractivity contribution is -0.00528. The van der Waals surface area contributed by atoms with Crippen molar-refractivity contribution in [3.05, 3.63) is 24.0 Å². The van der Waals surface area contributed by atoms with E-state index in [1.807, 2.05) is 18.2 Å². The third-order valence-corrected chi connectivity index (χ3v) is 6.07. The average molecular weight is 267 g/mol. The van der Waals surface area contributed by atoms with Crippen LogP contribution in [0.1, 0.15) is 43.8 Å². The maximum absolute atomic E-state index is 5.88. The first-order valence-corrected chi connectivity index (χ1v) is 8.01. The molecule has 3 nitrogen and oxygen atoms in total. The Labute approximate surface area is 119 Å². The van der Waals surface area contributed by atoms with Crippen molar-refractivity contribution in [2.24, 2.45) is 23.7 Å². The summed E-state index contributed by atoms with van der Waals surface area (Å²) in [5.41, 5.74) is 8.87. The van der Waals surface area contributed by atoms with E-state index in [0.717, 1.165) is 40.4 Å². The number of nitrogen functional groups attached to an aromatic ring is 1. The quantitative estimate of drug-likeness (QED) is 0.774. The molecule has 1 aromatic carbocycles. The van der Waals surface area contributed by atoms with Crippen LogP contribution in [-0.2, 0) is 0 Å². The molecule has 2 aromatic rings. The number of aromatic nitrogens is 2. The molecule has 0 aliphatic heterocycles. The van der Waals surface area contributed by atoms with Gasteiger partial charge >= 0.3 is 0 Å². The highest BCUT2D eigenvalue weighted by molar-refractivity contribution is 5.78. The molecule has 4 saturated carbocycles. The minimum atomic E-state index is 0.677. The van der Waals surface area contributed by atoms with Crippen molar-refractivity contribution in [3.8, 4) is 0 Å². The number of H-pyrrole nitrogens is 1. The average Bonchev–Trinajstić information content (AvgIpc) is 2.79. The monoisotopic (exact) mass is 267 g/mol. The standard InChI is InChI=1S/C17H21N3/c18-13-1-2-14-15(8-13)20-17(19-14)16-11-4-9-3-10(6-11)7-12(16)5-9/h1-2,8-12,16H,3-7,18H2,(H,19,20). The zero-order chi connectivity index (χ0) is 13.3. The predicted octanol–water partition coefficient (Wildman–Crippen LogP) is 3.68. The normalized spacial score (nSPS) is 38.7. The number of nitrogens with two attached hydrogens (primary N) is 1. The van der Waals surface area contributed by atoms with E-state index in [0.29, 0.717) is 5.92 Å². The molecule has 4 fully saturated rings. The van der Waals surface area contributed by atoms with E-state index in [1.54, 1.807) is 0 Å². The number of fused-ring (bicyclic) bond motifs is 1. The van der Waals surface area contributed by atoms with E-state index in [4.69, 9.17) is 10.7 Å². The molecular weight excluding hydrogens is 246 g/mol. The Morgan fingerprint density at radius 1 is 1.00 bits per heavy atom. The first-order valence-electron chi connectivity index (χ1n) is 8.01. The van der Waals surface area contributed by atoms with Crippen LogP contribution in [0.15, 0.2) is 18.2 Å². The first kappa shape index (κ1) is 11.2. The Morgan fingerprint density at radius 3 is 2.40 bits per heavy atom. The molecule has 0 unspecified atom stereocenters. The minimum absolute atomic E-state index is 0.677. The number of nitrogens with zero attached hydrogens (tertiary/aromatic N) is 1. The SMILES string of the molecule is Nc1ccc2nc(C3C4CC5CC(C4)CC3C5)[nH]c2c1. The van der Waals surface area contributed by atoms with Gasteiger partial charge in [-0.05, 0) is 74.0 Å². The Kier molecular flexibility index (Phi) is 2.11. The summed E-state index contributed by atoms with van der Waals surface area (Å²) >= 11 is 0. The van der Waals surface area contributed by atoms with E-state index in [9.17, 15) is 0 Å². The summed E-state index contributed by atoms with van der Waals surface area (Å²) in [4.78, 5) is 8.46. The molecule has 4 aliphatic rings. The van der Waals surface area contributed by atoms with Crippen LogP contribution in [0.3, 0.4) is 0 Å². The van der Waals surface area contributed by atoms with Gasteiger partial charge in [-0.25, -0.2) is 4.98 Å². The van der Waals surface area contributed by atoms with Crippen molar-refractivity contribution >= 4 is 16.7 Å². The van der Waals surface area contributed by atoms with E-state index >= 15 is 0 Å². The predicted molar refractivity (Wildman–Crippen MR) is 80.3 cm³/mol. The summed E-state index contributed by atoms with van der Waals surface area (Å²) in [6, 6.07) is 6.01. The van der Waals surface area contributed by atoms with Gasteiger partial charge in [0.2, 0.25) is 0 Å². The third-order valence-electron chi connectivity index (χ3n) is 6.07. The summed E-state index contributed by atoms with van der Waals surface area (Å²) in [7, 11) is 0. The van der Waals surface area contributed by atoms with Gasteiger partial charge in [-0.3, -0.25) is 0 Å². The van der Waals surface area contributed by atoms with Gasteiger partial charge in [-0.15, -0.1) is 0 Å². The molecule has 1 aromatic heterocycles. The van der Waals surface area contributed by atoms with Gasteiger partial charge in [0.05, 0.1) is 11.0 Å². The van der Waals surface area contributed by atoms with Crippen molar-refractivity contribution in [2.75, 3.05) is 5.73 Å². The van der Waals surface area contributed by atoms with E-state index in [-0.39, 0.29) is 0 Å². The van der Waals surface area contributed by atoms with Crippen LogP contribution in [0.2, 0.25) is 0 Å². The number of rotatable bonds is 1. The molecule has 3 heteroatoms. The van der Waals surface area contributed by atoms with Crippen molar-refractivity contribution in [2.45, 2.75) is 38.0 Å². The topological polar surface area (TPSA) is 54.7 Å². The van der Waals surface area contributed by atoms with Crippen LogP contribution in [0, 0.1) is 23.7 Å². The van der Waals surface area contributed by atoms with Crippen LogP contribution in [0.25, 0.3) is 11.0 Å². The van der Waals surface area contributed by atoms with Crippen molar-refractivity contribution < 1.29 is 0 Å². The van der Waals surface area contributed by atoms with E-state index < -0.39 is 0 Å². The highest BCUT2D eigenvalue weighted by Gasteiger charge is 2.49. The number of hydrogen-bond acceptors (Lipinski definition) is 2. The van der Waals surface area contributed by atoms with Crippen LogP contribution in [0.4, 0.5) is 5.69 Å². The number of imidazole rings is 1. The summed E-state index contributed by atoms with van der Waals surface area (Å²) in [5.74, 6) is 5.71. The molecule has 4 aliphatic carbocycles. The third kappa shape index (κ3) is 1.49. The maximum Gasteiger partial charge on any atom is 0.110 e. The molecule has 0 radical (unpaired) electrons. The lowest BCUT2D eigenvalue weighted by Crippen LogP contribution is -2.44. The number of nitrogens with one attached hydrogen (secondary N) is 1. The fraction of sp³-hybridized carbons (Fsp3) is 0.588. The van der Waals surface area contributed by atoms with E-state index in [1.165, 1.54) is 37.9 Å². The Hall–Kier alpha value is -1.51. The molecule has 0 amide bonds. The fourth-order valence-corrected chi connectivity index (χ4v) is 5.58. The summed E-state index contributed by atoms with van der Waals surface area (Å²) in [6.07, 6.45) is 7.28. The lowest BCUT2D eigenvalue weighted by Gasteiger charge is -2.53. The summed E-state index contributed by atoms with van der Waals surface area (Å²) in [6.45, 7) is 0. The van der Waals surface area contributed by atoms with Gasteiger partial charge in [0.15, 0.2) is 0 Å². The van der Waals surface area contributed by atoms with Crippen LogP contribution >= 0.6 is 0 Å². The molecule has 6 rings (SSSR count). The van der Waals surface area contributed by atoms with Gasteiger partial charge in [-0.1, -0.05) is 0 Å². The van der Waals surface area contributed by atoms with E-state index in [2.05, 4.69) is 4.98 Å². The lowest BCUT2D eigenvalue weighted by atomic mass is 9.52. The fourth-order valence-electron chi connectivity index (χ4n) is 5.58. The van der Waals surface area contributed by atoms with Crippen LogP contribution < -0.4 is 5.73 Å². The second-order valence-corrected chi connectivity index (χ2v) is 7.36. The van der Waals surface area contributed by atoms with Crippen molar-refractivity contribution in [1.29, 1.82) is 0 Å². The second kappa shape index (κ2) is 3.78. The molecule has 0 saturated heterocycles. The van der Waals surface area contributed by atoms with Crippen molar-refractivity contribution in [3.63, 3.8) is 0 Å². The summed E-state index contributed by atoms with van der Waals surface area (Å²) < 4.78 is 0. The molecule has 0 spiro atoms. The van der Waals surface area contributed by atoms with Gasteiger partial charge in [0.1, 0.15) is 5.82 Å². The largest absolute Gasteiger partial charge is 0.399 e. The summed E-state index contributed by atoms with van der Waals surface area (Å²) in [5, 5.41) is 0. The molecule has 104 valence electrons. The molecular formula is C17H21N3. The Bertz CT molecular complexity index is 644. The molecule has 3 N–H and O–H groups in total. The Morgan fingerprint density at radius 2 is 1.70 bits per heavy atom. The first-order chi connectivity index (χ1) is 9.76. The van der Waals surface area contributed by atoms with Gasteiger partial charge in [-0.2, -0.15) is 0 Å². The molecule has 1 heterocycles. The zero-order valence-electron chi connectivity index (χ0n) is 11.7. The number of aromatic amines is 1. The number of hydrogen-bond donors (Lipinski definition) is 2. The Balaban J connectivity index is 1.57. The zero-order valence-corrected chi connectivity index (χ0v) is 11.7.